The lowest BCUT2D eigenvalue weighted by Gasteiger charge is -2.34. The highest BCUT2D eigenvalue weighted by atomic mass is 19.4. The van der Waals surface area contributed by atoms with Gasteiger partial charge in [-0.3, -0.25) is 9.50 Å². The quantitative estimate of drug-likeness (QED) is 0.509. The molecule has 0 radical (unpaired) electrons. The van der Waals surface area contributed by atoms with Crippen molar-refractivity contribution in [2.45, 2.75) is 19.1 Å². The normalized spacial score (nSPS) is 16.8. The van der Waals surface area contributed by atoms with Gasteiger partial charge in [-0.2, -0.15) is 18.3 Å². The highest BCUT2D eigenvalue weighted by Crippen LogP contribution is 2.30. The summed E-state index contributed by atoms with van der Waals surface area (Å²) in [5.74, 6) is 1.10. The molecule has 0 saturated carbocycles. The van der Waals surface area contributed by atoms with E-state index in [1.54, 1.807) is 18.6 Å². The molecule has 0 bridgehead atoms. The van der Waals surface area contributed by atoms with Gasteiger partial charge in [0, 0.05) is 50.5 Å². The number of hydrogen-bond donors (Lipinski definition) is 2. The Morgan fingerprint density at radius 1 is 1.13 bits per heavy atom. The van der Waals surface area contributed by atoms with Crippen LogP contribution in [0.2, 0.25) is 0 Å². The van der Waals surface area contributed by atoms with Gasteiger partial charge in [0.1, 0.15) is 17.2 Å². The van der Waals surface area contributed by atoms with Crippen molar-refractivity contribution < 1.29 is 13.2 Å². The van der Waals surface area contributed by atoms with Crippen LogP contribution < -0.4 is 10.2 Å². The van der Waals surface area contributed by atoms with Crippen molar-refractivity contribution in [2.24, 2.45) is 0 Å². The van der Waals surface area contributed by atoms with Crippen molar-refractivity contribution in [2.75, 3.05) is 24.5 Å². The molecule has 1 atom stereocenters. The molecule has 8 nitrogen and oxygen atoms in total. The smallest absolute Gasteiger partial charge is 0.351 e. The number of halogens is 3. The van der Waals surface area contributed by atoms with Gasteiger partial charge in [-0.25, -0.2) is 15.0 Å². The maximum Gasteiger partial charge on any atom is 0.417 e. The summed E-state index contributed by atoms with van der Waals surface area (Å²) in [4.78, 5) is 15.2. The van der Waals surface area contributed by atoms with Crippen LogP contribution in [0.1, 0.15) is 12.5 Å². The zero-order chi connectivity index (χ0) is 21.8. The Bertz CT molecular complexity index is 1110. The molecule has 1 aliphatic rings. The molecular weight excluding hydrogens is 409 g/mol. The number of imidazole rings is 1. The molecule has 1 aliphatic heterocycles. The summed E-state index contributed by atoms with van der Waals surface area (Å²) in [5.41, 5.74) is 0.101. The van der Waals surface area contributed by atoms with E-state index in [1.807, 2.05) is 12.1 Å². The third-order valence-corrected chi connectivity index (χ3v) is 4.90. The molecule has 0 aliphatic carbocycles. The Balaban J connectivity index is 0.000000407. The molecule has 4 aromatic heterocycles. The SMILES string of the molecule is CC1CNCCN1c1ccnc(-c2cnc3ccc(C(F)(F)F)cn23)n1.c1cn[nH]c1. The Kier molecular flexibility index (Phi) is 5.85. The molecule has 31 heavy (non-hydrogen) atoms. The number of alkyl halides is 3. The second kappa shape index (κ2) is 8.72. The Hall–Kier alpha value is -3.47. The molecule has 0 amide bonds. The lowest BCUT2D eigenvalue weighted by molar-refractivity contribution is -0.137. The topological polar surface area (TPSA) is 87.0 Å². The molecule has 1 saturated heterocycles. The molecule has 11 heteroatoms. The molecule has 1 unspecified atom stereocenters. The van der Waals surface area contributed by atoms with Gasteiger partial charge in [0.15, 0.2) is 5.82 Å². The number of rotatable bonds is 2. The van der Waals surface area contributed by atoms with E-state index in [1.165, 1.54) is 16.7 Å². The van der Waals surface area contributed by atoms with Crippen LogP contribution in [-0.2, 0) is 6.18 Å². The number of hydrogen-bond acceptors (Lipinski definition) is 6. The number of nitrogens with zero attached hydrogens (tertiary/aromatic N) is 6. The minimum atomic E-state index is -4.42. The minimum absolute atomic E-state index is 0.269. The van der Waals surface area contributed by atoms with Crippen LogP contribution in [0.5, 0.6) is 0 Å². The fourth-order valence-corrected chi connectivity index (χ4v) is 3.34. The van der Waals surface area contributed by atoms with E-state index >= 15 is 0 Å². The highest BCUT2D eigenvalue weighted by molar-refractivity contribution is 5.59. The average Bonchev–Trinajstić information content (AvgIpc) is 3.46. The first-order valence-electron chi connectivity index (χ1n) is 9.72. The number of pyridine rings is 1. The first-order valence-corrected chi connectivity index (χ1v) is 9.72. The van der Waals surface area contributed by atoms with E-state index in [0.29, 0.717) is 17.2 Å². The Labute approximate surface area is 176 Å². The molecule has 4 aromatic rings. The number of aromatic amines is 1. The lowest BCUT2D eigenvalue weighted by Crippen LogP contribution is -2.50. The highest BCUT2D eigenvalue weighted by Gasteiger charge is 2.31. The molecule has 162 valence electrons. The second-order valence-corrected chi connectivity index (χ2v) is 7.04. The van der Waals surface area contributed by atoms with Gasteiger partial charge < -0.3 is 10.2 Å². The van der Waals surface area contributed by atoms with Crippen LogP contribution in [0.25, 0.3) is 17.2 Å². The van der Waals surface area contributed by atoms with E-state index in [-0.39, 0.29) is 6.04 Å². The molecule has 5 heterocycles. The number of H-pyrrole nitrogens is 1. The van der Waals surface area contributed by atoms with Crippen molar-refractivity contribution in [3.8, 4) is 11.5 Å². The van der Waals surface area contributed by atoms with Gasteiger partial charge in [0.2, 0.25) is 0 Å². The van der Waals surface area contributed by atoms with E-state index in [2.05, 4.69) is 42.3 Å². The zero-order valence-corrected chi connectivity index (χ0v) is 16.7. The van der Waals surface area contributed by atoms with Crippen molar-refractivity contribution in [1.29, 1.82) is 0 Å². The maximum atomic E-state index is 13.0. The summed E-state index contributed by atoms with van der Waals surface area (Å²) < 4.78 is 40.5. The number of aromatic nitrogens is 6. The Morgan fingerprint density at radius 3 is 2.68 bits per heavy atom. The van der Waals surface area contributed by atoms with Crippen molar-refractivity contribution in [3.05, 3.63) is 60.8 Å². The van der Waals surface area contributed by atoms with Gasteiger partial charge >= 0.3 is 6.18 Å². The Morgan fingerprint density at radius 2 is 2.00 bits per heavy atom. The molecule has 0 aromatic carbocycles. The van der Waals surface area contributed by atoms with Crippen LogP contribution in [0, 0.1) is 0 Å². The van der Waals surface area contributed by atoms with Gasteiger partial charge in [-0.15, -0.1) is 0 Å². The zero-order valence-electron chi connectivity index (χ0n) is 16.7. The van der Waals surface area contributed by atoms with Crippen LogP contribution in [-0.4, -0.2) is 55.2 Å². The third-order valence-electron chi connectivity index (χ3n) is 4.90. The maximum absolute atomic E-state index is 13.0. The summed E-state index contributed by atoms with van der Waals surface area (Å²) in [6.07, 6.45) is 3.19. The van der Waals surface area contributed by atoms with Crippen LogP contribution in [0.15, 0.2) is 55.2 Å². The predicted molar refractivity (Wildman–Crippen MR) is 109 cm³/mol. The van der Waals surface area contributed by atoms with Crippen molar-refractivity contribution >= 4 is 11.5 Å². The fraction of sp³-hybridized carbons (Fsp3) is 0.300. The second-order valence-electron chi connectivity index (χ2n) is 7.04. The molecule has 1 fully saturated rings. The van der Waals surface area contributed by atoms with Gasteiger partial charge in [0.25, 0.3) is 0 Å². The summed E-state index contributed by atoms with van der Waals surface area (Å²) in [6.45, 7) is 4.61. The van der Waals surface area contributed by atoms with Crippen molar-refractivity contribution in [3.63, 3.8) is 0 Å². The lowest BCUT2D eigenvalue weighted by atomic mass is 10.2. The van der Waals surface area contributed by atoms with E-state index in [4.69, 9.17) is 0 Å². The molecule has 2 N–H and O–H groups in total. The fourth-order valence-electron chi connectivity index (χ4n) is 3.34. The summed E-state index contributed by atoms with van der Waals surface area (Å²) in [5, 5.41) is 9.52. The largest absolute Gasteiger partial charge is 0.417 e. The first-order chi connectivity index (χ1) is 14.9. The number of anilines is 1. The van der Waals surface area contributed by atoms with Crippen molar-refractivity contribution in [1.82, 2.24) is 34.9 Å². The van der Waals surface area contributed by atoms with E-state index in [0.717, 1.165) is 37.7 Å². The number of fused-ring (bicyclic) bond motifs is 1. The summed E-state index contributed by atoms with van der Waals surface area (Å²) in [6, 6.07) is 6.28. The molecular formula is C20H21F3N8. The molecule has 5 rings (SSSR count). The minimum Gasteiger partial charge on any atom is -0.351 e. The predicted octanol–water partition coefficient (Wildman–Crippen LogP) is 3.02. The number of piperazine rings is 1. The van der Waals surface area contributed by atoms with Crippen LogP contribution >= 0.6 is 0 Å². The standard InChI is InChI=1S/C17H17F3N6.C3H4N2/c1-11-8-21-6-7-25(11)15-4-5-22-16(24-15)13-9-23-14-3-2-12(10-26(13)14)17(18,19)20;1-2-4-5-3-1/h2-5,9-11,21H,6-8H2,1H3;1-3H,(H,4,5). The van der Waals surface area contributed by atoms with Gasteiger partial charge in [-0.1, -0.05) is 0 Å². The summed E-state index contributed by atoms with van der Waals surface area (Å²) in [7, 11) is 0. The third kappa shape index (κ3) is 4.66. The number of nitrogens with one attached hydrogen (secondary N) is 2. The van der Waals surface area contributed by atoms with E-state index in [9.17, 15) is 13.2 Å². The summed E-state index contributed by atoms with van der Waals surface area (Å²) >= 11 is 0. The van der Waals surface area contributed by atoms with Crippen LogP contribution in [0.3, 0.4) is 0 Å². The van der Waals surface area contributed by atoms with Crippen LogP contribution in [0.4, 0.5) is 19.0 Å². The molecule has 0 spiro atoms. The monoisotopic (exact) mass is 430 g/mol. The average molecular weight is 430 g/mol. The van der Waals surface area contributed by atoms with Gasteiger partial charge in [0.05, 0.1) is 11.8 Å². The first kappa shape index (κ1) is 20.8. The van der Waals surface area contributed by atoms with E-state index < -0.39 is 11.7 Å². The van der Waals surface area contributed by atoms with Gasteiger partial charge in [-0.05, 0) is 31.2 Å².